The van der Waals surface area contributed by atoms with Crippen molar-refractivity contribution >= 4 is 29.1 Å². The lowest BCUT2D eigenvalue weighted by Gasteiger charge is -2.34. The Hall–Kier alpha value is -4.35. The first-order chi connectivity index (χ1) is 17.6. The maximum Gasteiger partial charge on any atom is 0.573 e. The normalized spacial score (nSPS) is 15.8. The number of hydrogen-bond acceptors (Lipinski definition) is 6. The second-order valence-corrected chi connectivity index (χ2v) is 8.70. The number of halogens is 3. The van der Waals surface area contributed by atoms with E-state index in [0.717, 1.165) is 11.1 Å². The molecule has 2 aliphatic rings. The molecule has 0 radical (unpaired) electrons. The Morgan fingerprint density at radius 2 is 2.00 bits per heavy atom. The molecule has 0 saturated carbocycles. The van der Waals surface area contributed by atoms with Gasteiger partial charge in [0.25, 0.3) is 0 Å². The number of ether oxygens (including phenoxy) is 1. The summed E-state index contributed by atoms with van der Waals surface area (Å²) in [6.45, 7) is 2.18. The number of carbonyl (C=O) groups excluding carboxylic acids is 1. The number of carbonyl (C=O) groups is 1. The van der Waals surface area contributed by atoms with Crippen LogP contribution in [-0.4, -0.2) is 46.4 Å². The molecule has 1 aromatic carbocycles. The van der Waals surface area contributed by atoms with E-state index in [4.69, 9.17) is 0 Å². The van der Waals surface area contributed by atoms with Crippen LogP contribution >= 0.6 is 0 Å². The van der Waals surface area contributed by atoms with Gasteiger partial charge in [-0.3, -0.25) is 9.80 Å². The third-order valence-corrected chi connectivity index (χ3v) is 6.26. The minimum atomic E-state index is -4.79. The molecule has 2 N–H and O–H groups in total. The van der Waals surface area contributed by atoms with E-state index in [1.807, 2.05) is 25.1 Å². The van der Waals surface area contributed by atoms with E-state index in [-0.39, 0.29) is 18.3 Å². The summed E-state index contributed by atoms with van der Waals surface area (Å²) in [6.07, 6.45) is 2.34. The number of nitrogens with one attached hydrogen (secondary N) is 2. The Bertz CT molecular complexity index is 1430. The van der Waals surface area contributed by atoms with Crippen LogP contribution in [0.25, 0.3) is 17.0 Å². The number of nitrogens with zero attached hydrogens (tertiary/aromatic N) is 5. The summed E-state index contributed by atoms with van der Waals surface area (Å²) in [5, 5.41) is 2.87. The number of allylic oxidation sites excluding steroid dienone is 3. The van der Waals surface area contributed by atoms with Crippen LogP contribution in [0, 0.1) is 6.92 Å². The molecule has 0 fully saturated rings. The predicted octanol–water partition coefficient (Wildman–Crippen LogP) is 5.39. The summed E-state index contributed by atoms with van der Waals surface area (Å²) in [5.41, 5.74) is 3.86. The number of rotatable bonds is 5. The van der Waals surface area contributed by atoms with Crippen molar-refractivity contribution in [2.45, 2.75) is 32.7 Å². The maximum absolute atomic E-state index is 13.3. The van der Waals surface area contributed by atoms with Crippen LogP contribution in [0.3, 0.4) is 0 Å². The Labute approximate surface area is 210 Å². The topological polar surface area (TPSA) is 99.3 Å². The summed E-state index contributed by atoms with van der Waals surface area (Å²) in [4.78, 5) is 32.6. The van der Waals surface area contributed by atoms with E-state index < -0.39 is 6.36 Å². The fourth-order valence-corrected chi connectivity index (χ4v) is 4.42. The van der Waals surface area contributed by atoms with Crippen LogP contribution in [0.5, 0.6) is 0 Å². The number of fused-ring (bicyclic) bond motifs is 1. The summed E-state index contributed by atoms with van der Waals surface area (Å²) < 4.78 is 42.9. The largest absolute Gasteiger partial charge is 0.573 e. The van der Waals surface area contributed by atoms with Gasteiger partial charge in [-0.25, -0.2) is 14.8 Å². The van der Waals surface area contributed by atoms with Gasteiger partial charge in [-0.1, -0.05) is 18.2 Å². The molecule has 0 bridgehead atoms. The highest BCUT2D eigenvalue weighted by Gasteiger charge is 2.34. The number of H-pyrrole nitrogens is 1. The number of anilines is 3. The molecule has 2 amide bonds. The van der Waals surface area contributed by atoms with Crippen LogP contribution in [-0.2, 0) is 11.3 Å². The number of amides is 2. The molecule has 0 saturated heterocycles. The molecule has 5 rings (SSSR count). The maximum atomic E-state index is 13.3. The number of imidazole rings is 1. The van der Waals surface area contributed by atoms with Gasteiger partial charge in [0.2, 0.25) is 5.95 Å². The first-order valence-corrected chi connectivity index (χ1v) is 11.6. The Morgan fingerprint density at radius 1 is 1.19 bits per heavy atom. The fraction of sp³-hybridized carbons (Fsp3) is 0.280. The molecule has 1 aliphatic carbocycles. The van der Waals surface area contributed by atoms with E-state index in [1.165, 1.54) is 17.2 Å². The van der Waals surface area contributed by atoms with E-state index in [1.54, 1.807) is 31.3 Å². The van der Waals surface area contributed by atoms with Gasteiger partial charge in [0, 0.05) is 42.7 Å². The SMILES string of the molecule is CNc1ncc2c(n1)N(C)C(=O)N(c1cc(-c3ncc(C4=C(OC(F)(F)F)C=CCC4)[nH]3)ccc1C)C2. The van der Waals surface area contributed by atoms with E-state index in [2.05, 4.69) is 30.0 Å². The van der Waals surface area contributed by atoms with Gasteiger partial charge >= 0.3 is 12.4 Å². The molecule has 3 aromatic rings. The second kappa shape index (κ2) is 9.26. The lowest BCUT2D eigenvalue weighted by molar-refractivity contribution is -0.303. The van der Waals surface area contributed by atoms with Crippen LogP contribution in [0.15, 0.2) is 48.5 Å². The van der Waals surface area contributed by atoms with Gasteiger partial charge in [0.1, 0.15) is 17.4 Å². The highest BCUT2D eigenvalue weighted by molar-refractivity contribution is 6.05. The smallest absolute Gasteiger partial charge is 0.405 e. The molecule has 12 heteroatoms. The number of hydrogen-bond donors (Lipinski definition) is 2. The Balaban J connectivity index is 1.48. The number of aryl methyl sites for hydroxylation is 1. The first kappa shape index (κ1) is 24.3. The summed E-state index contributed by atoms with van der Waals surface area (Å²) in [7, 11) is 3.37. The zero-order chi connectivity index (χ0) is 26.3. The molecule has 3 heterocycles. The lowest BCUT2D eigenvalue weighted by Crippen LogP contribution is -2.46. The molecular weight excluding hydrogens is 487 g/mol. The molecule has 2 aromatic heterocycles. The number of aromatic nitrogens is 4. The van der Waals surface area contributed by atoms with E-state index in [9.17, 15) is 18.0 Å². The van der Waals surface area contributed by atoms with Gasteiger partial charge in [-0.2, -0.15) is 4.98 Å². The van der Waals surface area contributed by atoms with Crippen molar-refractivity contribution in [2.75, 3.05) is 29.2 Å². The molecule has 0 unspecified atom stereocenters. The van der Waals surface area contributed by atoms with Gasteiger partial charge in [0.05, 0.1) is 18.4 Å². The van der Waals surface area contributed by atoms with Crippen molar-refractivity contribution in [3.05, 3.63) is 65.3 Å². The quantitative estimate of drug-likeness (QED) is 0.477. The van der Waals surface area contributed by atoms with Crippen molar-refractivity contribution in [2.24, 2.45) is 0 Å². The third kappa shape index (κ3) is 4.74. The van der Waals surface area contributed by atoms with E-state index in [0.29, 0.717) is 53.0 Å². The average Bonchev–Trinajstić information content (AvgIpc) is 3.36. The van der Waals surface area contributed by atoms with Gasteiger partial charge in [-0.05, 0) is 37.5 Å². The Morgan fingerprint density at radius 3 is 2.76 bits per heavy atom. The number of alkyl halides is 3. The monoisotopic (exact) mass is 511 g/mol. The summed E-state index contributed by atoms with van der Waals surface area (Å²) >= 11 is 0. The summed E-state index contributed by atoms with van der Waals surface area (Å²) in [5.74, 6) is 1.18. The van der Waals surface area contributed by atoms with Crippen LogP contribution < -0.4 is 15.1 Å². The first-order valence-electron chi connectivity index (χ1n) is 11.6. The number of benzene rings is 1. The van der Waals surface area contributed by atoms with Gasteiger partial charge < -0.3 is 15.0 Å². The molecule has 1 aliphatic heterocycles. The molecule has 9 nitrogen and oxygen atoms in total. The summed E-state index contributed by atoms with van der Waals surface area (Å²) in [6, 6.07) is 5.30. The highest BCUT2D eigenvalue weighted by atomic mass is 19.4. The van der Waals surface area contributed by atoms with Crippen molar-refractivity contribution in [3.63, 3.8) is 0 Å². The highest BCUT2D eigenvalue weighted by Crippen LogP contribution is 2.36. The second-order valence-electron chi connectivity index (χ2n) is 8.70. The number of aromatic amines is 1. The van der Waals surface area contributed by atoms with E-state index >= 15 is 0 Å². The predicted molar refractivity (Wildman–Crippen MR) is 133 cm³/mol. The van der Waals surface area contributed by atoms with Crippen molar-refractivity contribution in [3.8, 4) is 11.4 Å². The van der Waals surface area contributed by atoms with Crippen molar-refractivity contribution in [1.82, 2.24) is 19.9 Å². The van der Waals surface area contributed by atoms with Crippen molar-refractivity contribution in [1.29, 1.82) is 0 Å². The number of urea groups is 1. The molecular formula is C25H24F3N7O2. The molecule has 37 heavy (non-hydrogen) atoms. The Kier molecular flexibility index (Phi) is 6.10. The van der Waals surface area contributed by atoms with Gasteiger partial charge in [-0.15, -0.1) is 13.2 Å². The molecule has 0 atom stereocenters. The fourth-order valence-electron chi connectivity index (χ4n) is 4.42. The van der Waals surface area contributed by atoms with Crippen molar-refractivity contribution < 1.29 is 22.7 Å². The minimum Gasteiger partial charge on any atom is -0.405 e. The van der Waals surface area contributed by atoms with Crippen LogP contribution in [0.2, 0.25) is 0 Å². The zero-order valence-corrected chi connectivity index (χ0v) is 20.3. The standard InChI is InChI=1S/C25H24F3N7O2/c1-14-8-9-15(21-30-12-18(32-21)17-6-4-5-7-20(17)37-25(26,27)28)10-19(14)35-13-16-11-31-23(29-2)33-22(16)34(3)24(35)36/h5,7-12H,4,6,13H2,1-3H3,(H,30,32)(H,29,31,33). The third-order valence-electron chi connectivity index (χ3n) is 6.26. The zero-order valence-electron chi connectivity index (χ0n) is 20.3. The molecule has 192 valence electrons. The lowest BCUT2D eigenvalue weighted by atomic mass is 10.0. The molecule has 0 spiro atoms. The van der Waals surface area contributed by atoms with Gasteiger partial charge in [0.15, 0.2) is 0 Å². The minimum absolute atomic E-state index is 0.247. The van der Waals surface area contributed by atoms with Crippen LogP contribution in [0.1, 0.15) is 29.7 Å². The van der Waals surface area contributed by atoms with Crippen LogP contribution in [0.4, 0.5) is 35.4 Å². The average molecular weight is 512 g/mol.